The highest BCUT2D eigenvalue weighted by Gasteiger charge is 2.42. The van der Waals surface area contributed by atoms with Gasteiger partial charge in [0.1, 0.15) is 0 Å². The molecule has 3 aliphatic rings. The Morgan fingerprint density at radius 3 is 2.25 bits per heavy atom. The number of fused-ring (bicyclic) bond motifs is 2. The van der Waals surface area contributed by atoms with Crippen molar-refractivity contribution in [3.63, 3.8) is 0 Å². The van der Waals surface area contributed by atoms with Crippen LogP contribution in [0.2, 0.25) is 0 Å². The molecule has 2 saturated heterocycles. The maximum Gasteiger partial charge on any atom is 0.306 e. The van der Waals surface area contributed by atoms with Gasteiger partial charge in [-0.15, -0.1) is 0 Å². The van der Waals surface area contributed by atoms with Crippen LogP contribution in [-0.2, 0) is 4.79 Å². The van der Waals surface area contributed by atoms with Gasteiger partial charge in [0.05, 0.1) is 5.92 Å². The third kappa shape index (κ3) is 1.97. The van der Waals surface area contributed by atoms with Crippen LogP contribution < -0.4 is 0 Å². The van der Waals surface area contributed by atoms with Crippen molar-refractivity contribution in [1.82, 2.24) is 4.90 Å². The van der Waals surface area contributed by atoms with Crippen LogP contribution in [-0.4, -0.2) is 34.6 Å². The fourth-order valence-electron chi connectivity index (χ4n) is 3.58. The normalized spacial score (nSPS) is 39.6. The Balaban J connectivity index is 1.69. The lowest BCUT2D eigenvalue weighted by molar-refractivity contribution is -0.146. The summed E-state index contributed by atoms with van der Waals surface area (Å²) in [6, 6.07) is 1.16. The van der Waals surface area contributed by atoms with Crippen molar-refractivity contribution in [3.8, 4) is 0 Å². The van der Waals surface area contributed by atoms with Crippen LogP contribution in [0.5, 0.6) is 0 Å². The van der Waals surface area contributed by atoms with E-state index in [1.54, 1.807) is 0 Å². The molecule has 1 aliphatic carbocycles. The Kier molecular flexibility index (Phi) is 2.66. The minimum atomic E-state index is -0.567. The summed E-state index contributed by atoms with van der Waals surface area (Å²) in [6.45, 7) is 1.25. The Bertz CT molecular complexity index is 274. The molecule has 2 heterocycles. The molecular formula is C13H21NO2. The molecule has 3 rings (SSSR count). The smallest absolute Gasteiger partial charge is 0.306 e. The maximum atomic E-state index is 11.1. The number of carboxylic acids is 1. The molecule has 16 heavy (non-hydrogen) atoms. The van der Waals surface area contributed by atoms with Gasteiger partial charge in [-0.25, -0.2) is 0 Å². The summed E-state index contributed by atoms with van der Waals surface area (Å²) < 4.78 is 0. The molecule has 0 spiro atoms. The summed E-state index contributed by atoms with van der Waals surface area (Å²) in [6.07, 6.45) is 8.37. The van der Waals surface area contributed by atoms with Crippen molar-refractivity contribution >= 4 is 5.97 Å². The van der Waals surface area contributed by atoms with E-state index in [1.807, 2.05) is 0 Å². The molecule has 1 N–H and O–H groups in total. The van der Waals surface area contributed by atoms with Gasteiger partial charge in [0, 0.05) is 18.6 Å². The van der Waals surface area contributed by atoms with E-state index in [0.29, 0.717) is 12.1 Å². The molecule has 2 aliphatic heterocycles. The largest absolute Gasteiger partial charge is 0.481 e. The summed E-state index contributed by atoms with van der Waals surface area (Å²) >= 11 is 0. The standard InChI is InChI=1S/C13H21NO2/c15-13(16)10-6-11-2-1-3-12(7-10)14(11)8-9-4-5-9/h9-12H,1-8H2,(H,15,16)/t11-,12-/m0/s1. The van der Waals surface area contributed by atoms with Crippen LogP contribution in [0.4, 0.5) is 0 Å². The van der Waals surface area contributed by atoms with E-state index in [1.165, 1.54) is 38.6 Å². The zero-order chi connectivity index (χ0) is 11.1. The van der Waals surface area contributed by atoms with Crippen LogP contribution in [0.1, 0.15) is 44.9 Å². The van der Waals surface area contributed by atoms with Gasteiger partial charge in [-0.3, -0.25) is 9.69 Å². The lowest BCUT2D eigenvalue weighted by atomic mass is 9.78. The van der Waals surface area contributed by atoms with E-state index in [4.69, 9.17) is 5.11 Å². The molecule has 0 amide bonds. The quantitative estimate of drug-likeness (QED) is 0.796. The van der Waals surface area contributed by atoms with Crippen molar-refractivity contribution < 1.29 is 9.90 Å². The third-order valence-corrected chi connectivity index (χ3v) is 4.64. The van der Waals surface area contributed by atoms with Crippen molar-refractivity contribution in [2.45, 2.75) is 57.0 Å². The molecule has 2 atom stereocenters. The minimum absolute atomic E-state index is 0.0641. The van der Waals surface area contributed by atoms with E-state index in [2.05, 4.69) is 4.90 Å². The molecule has 3 fully saturated rings. The molecule has 3 nitrogen and oxygen atoms in total. The van der Waals surface area contributed by atoms with Crippen LogP contribution in [0.15, 0.2) is 0 Å². The lowest BCUT2D eigenvalue weighted by Gasteiger charge is -2.48. The number of aliphatic carboxylic acids is 1. The fraction of sp³-hybridized carbons (Fsp3) is 0.923. The first-order valence-electron chi connectivity index (χ1n) is 6.72. The first-order chi connectivity index (χ1) is 7.74. The zero-order valence-electron chi connectivity index (χ0n) is 9.77. The van der Waals surface area contributed by atoms with E-state index in [9.17, 15) is 4.79 Å². The Hall–Kier alpha value is -0.570. The van der Waals surface area contributed by atoms with Crippen molar-refractivity contribution in [2.75, 3.05) is 6.54 Å². The lowest BCUT2D eigenvalue weighted by Crippen LogP contribution is -2.53. The Morgan fingerprint density at radius 1 is 1.12 bits per heavy atom. The van der Waals surface area contributed by atoms with Crippen LogP contribution >= 0.6 is 0 Å². The predicted molar refractivity (Wildman–Crippen MR) is 61.2 cm³/mol. The number of hydrogen-bond acceptors (Lipinski definition) is 2. The average Bonchev–Trinajstić information content (AvgIpc) is 3.00. The van der Waals surface area contributed by atoms with Gasteiger partial charge >= 0.3 is 5.97 Å². The minimum Gasteiger partial charge on any atom is -0.481 e. The van der Waals surface area contributed by atoms with Crippen molar-refractivity contribution in [2.24, 2.45) is 11.8 Å². The number of carbonyl (C=O) groups is 1. The van der Waals surface area contributed by atoms with Gasteiger partial charge in [-0.1, -0.05) is 6.42 Å². The molecular weight excluding hydrogens is 202 g/mol. The second-order valence-electron chi connectivity index (χ2n) is 5.89. The summed E-state index contributed by atoms with van der Waals surface area (Å²) in [4.78, 5) is 13.8. The summed E-state index contributed by atoms with van der Waals surface area (Å²) in [5, 5.41) is 9.16. The van der Waals surface area contributed by atoms with Crippen LogP contribution in [0, 0.1) is 11.8 Å². The van der Waals surface area contributed by atoms with Gasteiger partial charge in [0.15, 0.2) is 0 Å². The molecule has 0 aromatic heterocycles. The van der Waals surface area contributed by atoms with E-state index in [-0.39, 0.29) is 5.92 Å². The highest BCUT2D eigenvalue weighted by Crippen LogP contribution is 2.40. The van der Waals surface area contributed by atoms with Crippen molar-refractivity contribution in [1.29, 1.82) is 0 Å². The van der Waals surface area contributed by atoms with E-state index in [0.717, 1.165) is 18.8 Å². The second-order valence-corrected chi connectivity index (χ2v) is 5.89. The van der Waals surface area contributed by atoms with E-state index >= 15 is 0 Å². The van der Waals surface area contributed by atoms with Gasteiger partial charge < -0.3 is 5.11 Å². The molecule has 3 heteroatoms. The molecule has 0 unspecified atom stereocenters. The summed E-state index contributed by atoms with van der Waals surface area (Å²) in [5.41, 5.74) is 0. The van der Waals surface area contributed by atoms with Crippen LogP contribution in [0.25, 0.3) is 0 Å². The van der Waals surface area contributed by atoms with Crippen LogP contribution in [0.3, 0.4) is 0 Å². The van der Waals surface area contributed by atoms with E-state index < -0.39 is 5.97 Å². The molecule has 0 aromatic rings. The number of nitrogens with zero attached hydrogens (tertiary/aromatic N) is 1. The summed E-state index contributed by atoms with van der Waals surface area (Å²) in [7, 11) is 0. The SMILES string of the molecule is O=C(O)C1C[C@@H]2CCC[C@@H](C1)N2CC1CC1. The molecule has 0 aromatic carbocycles. The number of carboxylic acid groups (broad SMARTS) is 1. The molecule has 2 bridgehead atoms. The zero-order valence-corrected chi connectivity index (χ0v) is 9.77. The predicted octanol–water partition coefficient (Wildman–Crippen LogP) is 2.11. The fourth-order valence-corrected chi connectivity index (χ4v) is 3.58. The number of piperidine rings is 2. The Labute approximate surface area is 96.8 Å². The number of rotatable bonds is 3. The highest BCUT2D eigenvalue weighted by atomic mass is 16.4. The number of hydrogen-bond donors (Lipinski definition) is 1. The van der Waals surface area contributed by atoms with Gasteiger partial charge in [0.25, 0.3) is 0 Å². The first kappa shape index (κ1) is 10.6. The second kappa shape index (κ2) is 4.02. The van der Waals surface area contributed by atoms with Gasteiger partial charge in [0.2, 0.25) is 0 Å². The van der Waals surface area contributed by atoms with Gasteiger partial charge in [-0.05, 0) is 44.4 Å². The summed E-state index contributed by atoms with van der Waals surface area (Å²) in [5.74, 6) is 0.304. The molecule has 1 saturated carbocycles. The van der Waals surface area contributed by atoms with Gasteiger partial charge in [-0.2, -0.15) is 0 Å². The molecule has 90 valence electrons. The average molecular weight is 223 g/mol. The van der Waals surface area contributed by atoms with Crippen molar-refractivity contribution in [3.05, 3.63) is 0 Å². The highest BCUT2D eigenvalue weighted by molar-refractivity contribution is 5.70. The topological polar surface area (TPSA) is 40.5 Å². The third-order valence-electron chi connectivity index (χ3n) is 4.64. The monoisotopic (exact) mass is 223 g/mol. The Morgan fingerprint density at radius 2 is 1.75 bits per heavy atom. The maximum absolute atomic E-state index is 11.1. The molecule has 0 radical (unpaired) electrons. The first-order valence-corrected chi connectivity index (χ1v) is 6.72.